The summed E-state index contributed by atoms with van der Waals surface area (Å²) in [5.74, 6) is -1.31. The minimum absolute atomic E-state index is 0.0910. The van der Waals surface area contributed by atoms with Gasteiger partial charge in [-0.3, -0.25) is 0 Å². The van der Waals surface area contributed by atoms with Crippen molar-refractivity contribution in [2.75, 3.05) is 0 Å². The van der Waals surface area contributed by atoms with Crippen molar-refractivity contribution in [2.45, 2.75) is 44.7 Å². The Balaban J connectivity index is 1.87. The molecule has 0 heterocycles. The maximum atomic E-state index is 13.3. The zero-order valence-electron chi connectivity index (χ0n) is 14.4. The number of hydrogen-bond donors (Lipinski definition) is 1. The maximum absolute atomic E-state index is 13.3. The van der Waals surface area contributed by atoms with Crippen LogP contribution < -0.4 is 5.32 Å². The summed E-state index contributed by atoms with van der Waals surface area (Å²) in [5, 5.41) is 3.11. The van der Waals surface area contributed by atoms with Crippen molar-refractivity contribution >= 4 is 0 Å². The molecule has 1 unspecified atom stereocenters. The van der Waals surface area contributed by atoms with Crippen molar-refractivity contribution in [1.82, 2.24) is 5.32 Å². The topological polar surface area (TPSA) is 12.0 Å². The zero-order chi connectivity index (χ0) is 20.2. The van der Waals surface area contributed by atoms with E-state index in [0.717, 1.165) is 24.3 Å². The molecule has 1 atom stereocenters. The Kier molecular flexibility index (Phi) is 6.51. The lowest BCUT2D eigenvalue weighted by Crippen LogP contribution is -2.26. The minimum Gasteiger partial charge on any atom is -0.310 e. The molecule has 148 valence electrons. The highest BCUT2D eigenvalue weighted by Crippen LogP contribution is 2.32. The molecule has 8 heteroatoms. The number of aryl methyl sites for hydroxylation is 1. The first-order chi connectivity index (χ1) is 12.5. The Hall–Kier alpha value is -2.09. The highest BCUT2D eigenvalue weighted by Gasteiger charge is 2.34. The SMILES string of the molecule is CC(CCc1ccc(F)c(C(F)(F)F)c1)NCc1ccc(C(F)(F)F)cc1. The van der Waals surface area contributed by atoms with Gasteiger partial charge in [0, 0.05) is 12.6 Å². The van der Waals surface area contributed by atoms with Crippen molar-refractivity contribution < 1.29 is 30.7 Å². The molecule has 0 aliphatic carbocycles. The molecule has 0 aliphatic rings. The van der Waals surface area contributed by atoms with Gasteiger partial charge in [-0.1, -0.05) is 18.2 Å². The quantitative estimate of drug-likeness (QED) is 0.596. The number of benzene rings is 2. The average molecular weight is 393 g/mol. The molecule has 0 saturated carbocycles. The molecule has 0 bridgehead atoms. The fourth-order valence-corrected chi connectivity index (χ4v) is 2.53. The standard InChI is InChI=1S/C19H18F7N/c1-12(27-11-14-4-7-15(8-5-14)18(21,22)23)2-3-13-6-9-17(20)16(10-13)19(24,25)26/h4-10,12,27H,2-3,11H2,1H3. The van der Waals surface area contributed by atoms with Crippen LogP contribution in [-0.4, -0.2) is 6.04 Å². The third-order valence-corrected chi connectivity index (χ3v) is 4.14. The van der Waals surface area contributed by atoms with Crippen molar-refractivity contribution in [1.29, 1.82) is 0 Å². The third-order valence-electron chi connectivity index (χ3n) is 4.14. The van der Waals surface area contributed by atoms with Crippen LogP contribution in [0.1, 0.15) is 35.6 Å². The van der Waals surface area contributed by atoms with Gasteiger partial charge in [0.15, 0.2) is 0 Å². The maximum Gasteiger partial charge on any atom is 0.419 e. The van der Waals surface area contributed by atoms with Crippen molar-refractivity contribution in [3.63, 3.8) is 0 Å². The monoisotopic (exact) mass is 393 g/mol. The largest absolute Gasteiger partial charge is 0.419 e. The molecular weight excluding hydrogens is 375 g/mol. The summed E-state index contributed by atoms with van der Waals surface area (Å²) >= 11 is 0. The molecule has 2 aromatic carbocycles. The fourth-order valence-electron chi connectivity index (χ4n) is 2.53. The second-order valence-electron chi connectivity index (χ2n) is 6.33. The lowest BCUT2D eigenvalue weighted by molar-refractivity contribution is -0.140. The van der Waals surface area contributed by atoms with Crippen LogP contribution in [0.2, 0.25) is 0 Å². The predicted molar refractivity (Wildman–Crippen MR) is 87.5 cm³/mol. The number of halogens is 7. The van der Waals surface area contributed by atoms with Crippen LogP contribution in [0.15, 0.2) is 42.5 Å². The Bertz CT molecular complexity index is 748. The summed E-state index contributed by atoms with van der Waals surface area (Å²) in [6, 6.07) is 7.57. The summed E-state index contributed by atoms with van der Waals surface area (Å²) in [7, 11) is 0. The predicted octanol–water partition coefficient (Wildman–Crippen LogP) is 5.97. The molecule has 0 spiro atoms. The normalized spacial score (nSPS) is 13.6. The summed E-state index contributed by atoms with van der Waals surface area (Å²) in [6.45, 7) is 2.15. The number of hydrogen-bond acceptors (Lipinski definition) is 1. The Morgan fingerprint density at radius 3 is 2.00 bits per heavy atom. The number of nitrogens with one attached hydrogen (secondary N) is 1. The molecular formula is C19H18F7N. The molecule has 2 aromatic rings. The van der Waals surface area contributed by atoms with E-state index in [-0.39, 0.29) is 6.04 Å². The van der Waals surface area contributed by atoms with Gasteiger partial charge in [-0.05, 0) is 55.2 Å². The molecule has 1 N–H and O–H groups in total. The Labute approximate surface area is 152 Å². The molecule has 0 aliphatic heterocycles. The van der Waals surface area contributed by atoms with Crippen LogP contribution in [0.25, 0.3) is 0 Å². The van der Waals surface area contributed by atoms with E-state index in [1.165, 1.54) is 18.2 Å². The molecule has 2 rings (SSSR count). The highest BCUT2D eigenvalue weighted by molar-refractivity contribution is 5.27. The van der Waals surface area contributed by atoms with Crippen LogP contribution in [-0.2, 0) is 25.3 Å². The number of rotatable bonds is 6. The van der Waals surface area contributed by atoms with Gasteiger partial charge in [-0.25, -0.2) is 4.39 Å². The smallest absolute Gasteiger partial charge is 0.310 e. The summed E-state index contributed by atoms with van der Waals surface area (Å²) < 4.78 is 89.0. The third kappa shape index (κ3) is 6.23. The van der Waals surface area contributed by atoms with Crippen LogP contribution in [0, 0.1) is 5.82 Å². The molecule has 1 nitrogen and oxygen atoms in total. The highest BCUT2D eigenvalue weighted by atomic mass is 19.4. The Morgan fingerprint density at radius 2 is 1.44 bits per heavy atom. The van der Waals surface area contributed by atoms with Crippen molar-refractivity contribution in [3.8, 4) is 0 Å². The summed E-state index contributed by atoms with van der Waals surface area (Å²) in [6.07, 6.45) is -8.33. The van der Waals surface area contributed by atoms with Crippen LogP contribution >= 0.6 is 0 Å². The fraction of sp³-hybridized carbons (Fsp3) is 0.368. The van der Waals surface area contributed by atoms with Gasteiger partial charge >= 0.3 is 12.4 Å². The zero-order valence-corrected chi connectivity index (χ0v) is 14.4. The van der Waals surface area contributed by atoms with Gasteiger partial charge in [0.2, 0.25) is 0 Å². The second kappa shape index (κ2) is 8.29. The average Bonchev–Trinajstić information content (AvgIpc) is 2.57. The Morgan fingerprint density at radius 1 is 0.852 bits per heavy atom. The van der Waals surface area contributed by atoms with Gasteiger partial charge in [0.1, 0.15) is 5.82 Å². The van der Waals surface area contributed by atoms with E-state index in [0.29, 0.717) is 30.5 Å². The molecule has 0 aromatic heterocycles. The molecule has 0 radical (unpaired) electrons. The van der Waals surface area contributed by atoms with Crippen LogP contribution in [0.4, 0.5) is 30.7 Å². The first-order valence-electron chi connectivity index (χ1n) is 8.22. The van der Waals surface area contributed by atoms with Gasteiger partial charge < -0.3 is 5.32 Å². The van der Waals surface area contributed by atoms with E-state index >= 15 is 0 Å². The molecule has 27 heavy (non-hydrogen) atoms. The van der Waals surface area contributed by atoms with E-state index in [4.69, 9.17) is 0 Å². The minimum atomic E-state index is -4.74. The first kappa shape index (κ1) is 21.2. The van der Waals surface area contributed by atoms with Crippen molar-refractivity contribution in [2.24, 2.45) is 0 Å². The molecule has 0 saturated heterocycles. The van der Waals surface area contributed by atoms with E-state index in [1.807, 2.05) is 6.92 Å². The molecule has 0 fully saturated rings. The van der Waals surface area contributed by atoms with E-state index in [9.17, 15) is 30.7 Å². The van der Waals surface area contributed by atoms with Gasteiger partial charge in [0.25, 0.3) is 0 Å². The van der Waals surface area contributed by atoms with Crippen molar-refractivity contribution in [3.05, 3.63) is 70.5 Å². The van der Waals surface area contributed by atoms with Crippen LogP contribution in [0.5, 0.6) is 0 Å². The number of alkyl halides is 6. The summed E-state index contributed by atoms with van der Waals surface area (Å²) in [4.78, 5) is 0. The van der Waals surface area contributed by atoms with Crippen LogP contribution in [0.3, 0.4) is 0 Å². The van der Waals surface area contributed by atoms with E-state index < -0.39 is 29.3 Å². The first-order valence-corrected chi connectivity index (χ1v) is 8.22. The van der Waals surface area contributed by atoms with Gasteiger partial charge in [-0.2, -0.15) is 26.3 Å². The lowest BCUT2D eigenvalue weighted by atomic mass is 10.0. The van der Waals surface area contributed by atoms with E-state index in [2.05, 4.69) is 5.32 Å². The second-order valence-corrected chi connectivity index (χ2v) is 6.33. The lowest BCUT2D eigenvalue weighted by Gasteiger charge is -2.15. The van der Waals surface area contributed by atoms with Gasteiger partial charge in [0.05, 0.1) is 11.1 Å². The van der Waals surface area contributed by atoms with Gasteiger partial charge in [-0.15, -0.1) is 0 Å². The van der Waals surface area contributed by atoms with E-state index in [1.54, 1.807) is 0 Å². The molecule has 0 amide bonds. The summed E-state index contributed by atoms with van der Waals surface area (Å²) in [5.41, 5.74) is -0.982.